The van der Waals surface area contributed by atoms with Gasteiger partial charge in [-0.05, 0) is 42.8 Å². The standard InChI is InChI=1S/C26H25ClN4O4/c1-16(2)22-20(25(33)31(28-22)18-9-6-8-17(27)14-18)21-23(29-11-4-3-5-12-29)26(34)30(24(21)32)15-19-10-7-13-35-19/h3-6,8-9,11-12,14,16,19H,7,10,13,15H2,1-2H3. The van der Waals surface area contributed by atoms with Crippen LogP contribution in [-0.2, 0) is 14.3 Å². The van der Waals surface area contributed by atoms with Crippen LogP contribution in [0.2, 0.25) is 5.02 Å². The lowest BCUT2D eigenvalue weighted by Crippen LogP contribution is -2.42. The molecule has 2 aromatic heterocycles. The van der Waals surface area contributed by atoms with Crippen LogP contribution in [0, 0.1) is 0 Å². The van der Waals surface area contributed by atoms with Crippen molar-refractivity contribution in [2.45, 2.75) is 38.7 Å². The summed E-state index contributed by atoms with van der Waals surface area (Å²) in [6, 6.07) is 12.1. The lowest BCUT2D eigenvalue weighted by molar-refractivity contribution is -0.576. The third-order valence-electron chi connectivity index (χ3n) is 6.25. The number of aromatic nitrogens is 3. The molecule has 35 heavy (non-hydrogen) atoms. The molecule has 2 amide bonds. The van der Waals surface area contributed by atoms with Crippen LogP contribution < -0.4 is 9.67 Å². The highest BCUT2D eigenvalue weighted by atomic mass is 35.5. The highest BCUT2D eigenvalue weighted by Crippen LogP contribution is 2.39. The first-order valence-electron chi connectivity index (χ1n) is 11.6. The summed E-state index contributed by atoms with van der Waals surface area (Å²) < 4.78 is 8.53. The van der Waals surface area contributed by atoms with E-state index in [1.807, 2.05) is 19.9 Å². The van der Waals surface area contributed by atoms with Gasteiger partial charge in [0.2, 0.25) is 0 Å². The normalized spacial score (nSPS) is 18.4. The number of pyridine rings is 1. The van der Waals surface area contributed by atoms with Gasteiger partial charge in [-0.2, -0.15) is 9.67 Å². The molecule has 0 radical (unpaired) electrons. The minimum absolute atomic E-state index is 0.0613. The van der Waals surface area contributed by atoms with Crippen molar-refractivity contribution in [3.8, 4) is 11.6 Å². The molecule has 1 atom stereocenters. The molecule has 8 nitrogen and oxygen atoms in total. The molecule has 4 heterocycles. The van der Waals surface area contributed by atoms with E-state index in [0.717, 1.165) is 12.8 Å². The van der Waals surface area contributed by atoms with Crippen LogP contribution in [0.5, 0.6) is 5.88 Å². The van der Waals surface area contributed by atoms with E-state index in [2.05, 4.69) is 5.10 Å². The minimum atomic E-state index is -0.513. The lowest BCUT2D eigenvalue weighted by Gasteiger charge is -2.19. The third kappa shape index (κ3) is 4.13. The number of nitrogens with zero attached hydrogens (tertiary/aromatic N) is 4. The second-order valence-corrected chi connectivity index (χ2v) is 9.41. The van der Waals surface area contributed by atoms with Gasteiger partial charge < -0.3 is 9.84 Å². The molecule has 3 aromatic rings. The average molecular weight is 493 g/mol. The van der Waals surface area contributed by atoms with E-state index in [0.29, 0.717) is 23.0 Å². The Balaban J connectivity index is 1.71. The number of halogens is 1. The lowest BCUT2D eigenvalue weighted by atomic mass is 9.98. The fourth-order valence-corrected chi connectivity index (χ4v) is 4.76. The molecular weight excluding hydrogens is 468 g/mol. The zero-order chi connectivity index (χ0) is 24.7. The van der Waals surface area contributed by atoms with Crippen LogP contribution in [0.15, 0.2) is 54.9 Å². The Morgan fingerprint density at radius 3 is 2.60 bits per heavy atom. The zero-order valence-electron chi connectivity index (χ0n) is 19.5. The van der Waals surface area contributed by atoms with Crippen molar-refractivity contribution in [1.82, 2.24) is 14.7 Å². The maximum Gasteiger partial charge on any atom is 0.327 e. The number of carbonyl (C=O) groups excluding carboxylic acids is 2. The van der Waals surface area contributed by atoms with Gasteiger partial charge in [-0.3, -0.25) is 14.5 Å². The van der Waals surface area contributed by atoms with Crippen LogP contribution in [0.25, 0.3) is 17.0 Å². The van der Waals surface area contributed by atoms with E-state index in [-0.39, 0.29) is 35.4 Å². The fraction of sp³-hybridized carbons (Fsp3) is 0.308. The van der Waals surface area contributed by atoms with E-state index in [4.69, 9.17) is 16.3 Å². The third-order valence-corrected chi connectivity index (χ3v) is 6.48. The topological polar surface area (TPSA) is 91.4 Å². The number of imide groups is 1. The summed E-state index contributed by atoms with van der Waals surface area (Å²) in [6.45, 7) is 4.55. The summed E-state index contributed by atoms with van der Waals surface area (Å²) in [4.78, 5) is 28.6. The summed E-state index contributed by atoms with van der Waals surface area (Å²) in [7, 11) is 0. The van der Waals surface area contributed by atoms with Crippen LogP contribution in [-0.4, -0.2) is 45.8 Å². The van der Waals surface area contributed by atoms with Gasteiger partial charge in [0.1, 0.15) is 5.57 Å². The molecule has 2 aliphatic rings. The smallest absolute Gasteiger partial charge is 0.327 e. The molecule has 0 N–H and O–H groups in total. The van der Waals surface area contributed by atoms with E-state index < -0.39 is 17.7 Å². The Kier molecular flexibility index (Phi) is 6.17. The number of rotatable bonds is 6. The number of carbonyl (C=O) groups is 2. The highest BCUT2D eigenvalue weighted by Gasteiger charge is 2.47. The molecule has 1 aromatic carbocycles. The Morgan fingerprint density at radius 1 is 1.17 bits per heavy atom. The summed E-state index contributed by atoms with van der Waals surface area (Å²) in [5, 5.41) is 18.8. The van der Waals surface area contributed by atoms with E-state index in [1.54, 1.807) is 53.4 Å². The van der Waals surface area contributed by atoms with Gasteiger partial charge in [0.05, 0.1) is 24.0 Å². The average Bonchev–Trinajstić information content (AvgIpc) is 3.53. The maximum atomic E-state index is 13.8. The Bertz CT molecular complexity index is 1330. The molecule has 5 rings (SSSR count). The SMILES string of the molecule is CC(C)c1nn(-c2cccc(Cl)c2)c([O-])c1C1=C([n+]2ccccc2)C(=O)N(CC2CCCO2)C1=O. The van der Waals surface area contributed by atoms with Crippen LogP contribution in [0.3, 0.4) is 0 Å². The second-order valence-electron chi connectivity index (χ2n) is 8.97. The first kappa shape index (κ1) is 23.3. The van der Waals surface area contributed by atoms with E-state index in [1.165, 1.54) is 9.58 Å². The maximum absolute atomic E-state index is 13.8. The number of hydrogen-bond acceptors (Lipinski definition) is 5. The second kappa shape index (κ2) is 9.28. The van der Waals surface area contributed by atoms with Crippen LogP contribution >= 0.6 is 11.6 Å². The molecule has 1 fully saturated rings. The van der Waals surface area contributed by atoms with Gasteiger partial charge in [0.25, 0.3) is 11.6 Å². The minimum Gasteiger partial charge on any atom is -0.858 e. The Morgan fingerprint density at radius 2 is 1.94 bits per heavy atom. The molecule has 0 saturated carbocycles. The summed E-state index contributed by atoms with van der Waals surface area (Å²) in [5.74, 6) is -1.62. The number of amides is 2. The van der Waals surface area contributed by atoms with E-state index in [9.17, 15) is 14.7 Å². The van der Waals surface area contributed by atoms with Crippen molar-refractivity contribution in [3.63, 3.8) is 0 Å². The number of benzene rings is 1. The van der Waals surface area contributed by atoms with Gasteiger partial charge in [0.15, 0.2) is 12.4 Å². The van der Waals surface area contributed by atoms with Crippen molar-refractivity contribution in [2.75, 3.05) is 13.2 Å². The molecule has 1 unspecified atom stereocenters. The molecule has 0 aliphatic carbocycles. The Labute approximate surface area is 208 Å². The van der Waals surface area contributed by atoms with E-state index >= 15 is 0 Å². The predicted molar refractivity (Wildman–Crippen MR) is 128 cm³/mol. The van der Waals surface area contributed by atoms with Crippen molar-refractivity contribution >= 4 is 34.7 Å². The van der Waals surface area contributed by atoms with Crippen LogP contribution in [0.4, 0.5) is 0 Å². The van der Waals surface area contributed by atoms with Crippen LogP contribution in [0.1, 0.15) is 43.9 Å². The van der Waals surface area contributed by atoms with Crippen molar-refractivity contribution in [3.05, 3.63) is 71.1 Å². The van der Waals surface area contributed by atoms with Gasteiger partial charge in [0, 0.05) is 29.3 Å². The van der Waals surface area contributed by atoms with Gasteiger partial charge in [-0.25, -0.2) is 4.68 Å². The van der Waals surface area contributed by atoms with Crippen molar-refractivity contribution < 1.29 is 24.0 Å². The molecule has 180 valence electrons. The van der Waals surface area contributed by atoms with Crippen molar-refractivity contribution in [1.29, 1.82) is 0 Å². The number of ether oxygens (including phenoxy) is 1. The molecule has 0 bridgehead atoms. The molecular formula is C26H25ClN4O4. The van der Waals surface area contributed by atoms with Gasteiger partial charge in [-0.1, -0.05) is 37.6 Å². The molecule has 9 heteroatoms. The molecule has 1 saturated heterocycles. The predicted octanol–water partition coefficient (Wildman–Crippen LogP) is 2.93. The van der Waals surface area contributed by atoms with Gasteiger partial charge in [-0.15, -0.1) is 0 Å². The van der Waals surface area contributed by atoms with Gasteiger partial charge >= 0.3 is 5.91 Å². The molecule has 2 aliphatic heterocycles. The fourth-order valence-electron chi connectivity index (χ4n) is 4.57. The molecule has 0 spiro atoms. The monoisotopic (exact) mass is 492 g/mol. The zero-order valence-corrected chi connectivity index (χ0v) is 20.2. The summed E-state index contributed by atoms with van der Waals surface area (Å²) in [5.41, 5.74) is 1.27. The quantitative estimate of drug-likeness (QED) is 0.390. The first-order chi connectivity index (χ1) is 16.9. The van der Waals surface area contributed by atoms with Crippen molar-refractivity contribution in [2.24, 2.45) is 0 Å². The Hall–Kier alpha value is -3.49. The largest absolute Gasteiger partial charge is 0.858 e. The number of hydrogen-bond donors (Lipinski definition) is 0. The first-order valence-corrected chi connectivity index (χ1v) is 12.0. The highest BCUT2D eigenvalue weighted by molar-refractivity contribution is 6.45. The summed E-state index contributed by atoms with van der Waals surface area (Å²) in [6.07, 6.45) is 4.83. The summed E-state index contributed by atoms with van der Waals surface area (Å²) >= 11 is 6.16.